The van der Waals surface area contributed by atoms with Crippen LogP contribution in [0.15, 0.2) is 53.6 Å². The number of nitrogens with one attached hydrogen (secondary N) is 1. The van der Waals surface area contributed by atoms with E-state index in [2.05, 4.69) is 9.71 Å². The zero-order chi connectivity index (χ0) is 26.2. The maximum atomic E-state index is 12.6. The summed E-state index contributed by atoms with van der Waals surface area (Å²) in [5, 5.41) is 16.2. The first kappa shape index (κ1) is 28.8. The Labute approximate surface area is 194 Å². The number of para-hydroxylation sites is 1. The lowest BCUT2D eigenvalue weighted by atomic mass is 10.2. The number of sulfonamides is 1. The lowest BCUT2D eigenvalue weighted by molar-refractivity contribution is -0.871. The monoisotopic (exact) mass is 508 g/mol. The number of aliphatic carboxylic acids is 2. The van der Waals surface area contributed by atoms with Gasteiger partial charge in [0.15, 0.2) is 0 Å². The van der Waals surface area contributed by atoms with Crippen LogP contribution in [-0.4, -0.2) is 79.9 Å². The number of ether oxygens (including phenoxy) is 1. The van der Waals surface area contributed by atoms with Crippen molar-refractivity contribution in [3.05, 3.63) is 48.7 Å². The van der Waals surface area contributed by atoms with Gasteiger partial charge in [-0.2, -0.15) is 13.2 Å². The molecule has 0 unspecified atom stereocenters. The first-order chi connectivity index (χ1) is 15.5. The molecule has 2 aromatic rings. The Morgan fingerprint density at radius 3 is 2.06 bits per heavy atom. The van der Waals surface area contributed by atoms with Gasteiger partial charge in [0.25, 0.3) is 0 Å². The van der Waals surface area contributed by atoms with E-state index in [0.717, 1.165) is 0 Å². The van der Waals surface area contributed by atoms with E-state index in [0.29, 0.717) is 16.8 Å². The van der Waals surface area contributed by atoms with Crippen molar-refractivity contribution in [3.63, 3.8) is 0 Å². The van der Waals surface area contributed by atoms with Crippen molar-refractivity contribution >= 4 is 22.0 Å². The maximum absolute atomic E-state index is 12.6. The third-order valence-corrected chi connectivity index (χ3v) is 5.24. The Hall–Kier alpha value is -3.23. The smallest absolute Gasteiger partial charge is 0.481 e. The van der Waals surface area contributed by atoms with E-state index in [4.69, 9.17) is 19.7 Å². The highest BCUT2D eigenvalue weighted by Gasteiger charge is 2.38. The molecule has 0 spiro atoms. The molecule has 1 atom stereocenters. The quantitative estimate of drug-likeness (QED) is 0.438. The Balaban J connectivity index is 0.000000718. The van der Waals surface area contributed by atoms with Gasteiger partial charge in [0.05, 0.1) is 46.3 Å². The van der Waals surface area contributed by atoms with E-state index < -0.39 is 34.2 Å². The second-order valence-electron chi connectivity index (χ2n) is 7.94. The van der Waals surface area contributed by atoms with Crippen LogP contribution >= 0.6 is 0 Å². The summed E-state index contributed by atoms with van der Waals surface area (Å²) in [7, 11) is 1.68. The van der Waals surface area contributed by atoms with Crippen LogP contribution < -0.4 is 9.46 Å². The summed E-state index contributed by atoms with van der Waals surface area (Å²) in [6, 6.07) is 11.1. The molecule has 0 aliphatic heterocycles. The third kappa shape index (κ3) is 11.1. The van der Waals surface area contributed by atoms with Crippen molar-refractivity contribution < 1.29 is 50.6 Å². The summed E-state index contributed by atoms with van der Waals surface area (Å²) >= 11 is 0. The molecule has 0 saturated heterocycles. The van der Waals surface area contributed by atoms with E-state index in [-0.39, 0.29) is 17.2 Å². The molecule has 1 aromatic heterocycles. The zero-order valence-corrected chi connectivity index (χ0v) is 19.3. The Morgan fingerprint density at radius 1 is 1.09 bits per heavy atom. The van der Waals surface area contributed by atoms with Gasteiger partial charge in [-0.05, 0) is 18.2 Å². The molecule has 0 amide bonds. The molecule has 1 heterocycles. The fourth-order valence-electron chi connectivity index (χ4n) is 2.50. The van der Waals surface area contributed by atoms with E-state index >= 15 is 0 Å². The minimum Gasteiger partial charge on any atom is -0.481 e. The topological polar surface area (TPSA) is 143 Å². The Kier molecular flexibility index (Phi) is 9.96. The first-order valence-corrected chi connectivity index (χ1v) is 11.0. The number of hydrogen-bond acceptors (Lipinski definition) is 6. The van der Waals surface area contributed by atoms with Crippen LogP contribution in [0.2, 0.25) is 0 Å². The SMILES string of the molecule is C[N+](C)(C)C[C@@H](CC(=O)O)NS(=O)(=O)c1ccc(Oc2ccccc2)nc1.O=C(O)C(F)(F)F. The number of alkyl halides is 3. The molecule has 34 heavy (non-hydrogen) atoms. The Morgan fingerprint density at radius 2 is 1.65 bits per heavy atom. The fourth-order valence-corrected chi connectivity index (χ4v) is 3.67. The number of rotatable bonds is 9. The molecular weight excluding hydrogens is 483 g/mol. The van der Waals surface area contributed by atoms with Gasteiger partial charge in [0.2, 0.25) is 15.9 Å². The number of quaternary nitrogens is 1. The molecule has 188 valence electrons. The number of carbonyl (C=O) groups is 2. The van der Waals surface area contributed by atoms with Gasteiger partial charge < -0.3 is 19.4 Å². The molecule has 0 aliphatic rings. The highest BCUT2D eigenvalue weighted by atomic mass is 32.2. The van der Waals surface area contributed by atoms with Gasteiger partial charge in [0.1, 0.15) is 10.6 Å². The molecule has 1 aromatic carbocycles. The van der Waals surface area contributed by atoms with Gasteiger partial charge in [-0.15, -0.1) is 0 Å². The summed E-state index contributed by atoms with van der Waals surface area (Å²) in [6.45, 7) is 0.328. The van der Waals surface area contributed by atoms with E-state index in [1.807, 2.05) is 39.3 Å². The number of carboxylic acids is 2. The second-order valence-corrected chi connectivity index (χ2v) is 9.65. The minimum atomic E-state index is -5.08. The molecule has 0 bridgehead atoms. The van der Waals surface area contributed by atoms with Crippen LogP contribution in [0.5, 0.6) is 11.6 Å². The largest absolute Gasteiger partial charge is 0.490 e. The number of hydrogen-bond donors (Lipinski definition) is 3. The molecular formula is C20H25F3N3O7S+. The number of aromatic nitrogens is 1. The normalized spacial score (nSPS) is 12.8. The van der Waals surface area contributed by atoms with Gasteiger partial charge in [-0.1, -0.05) is 18.2 Å². The van der Waals surface area contributed by atoms with Gasteiger partial charge in [0, 0.05) is 6.07 Å². The van der Waals surface area contributed by atoms with Crippen LogP contribution in [-0.2, 0) is 19.6 Å². The molecule has 2 rings (SSSR count). The summed E-state index contributed by atoms with van der Waals surface area (Å²) in [4.78, 5) is 23.9. The van der Waals surface area contributed by atoms with Crippen LogP contribution in [0.1, 0.15) is 6.42 Å². The summed E-state index contributed by atoms with van der Waals surface area (Å²) < 4.78 is 65.3. The highest BCUT2D eigenvalue weighted by molar-refractivity contribution is 7.89. The summed E-state index contributed by atoms with van der Waals surface area (Å²) in [5.41, 5.74) is 0. The number of likely N-dealkylation sites (N-methyl/N-ethyl adjacent to an activating group) is 1. The van der Waals surface area contributed by atoms with Crippen LogP contribution in [0, 0.1) is 0 Å². The summed E-state index contributed by atoms with van der Waals surface area (Å²) in [5.74, 6) is -2.98. The van der Waals surface area contributed by atoms with Gasteiger partial charge in [-0.3, -0.25) is 4.79 Å². The standard InChI is InChI=1S/C18H23N3O5S.C2HF3O2/c1-21(2,3)13-14(11-18(22)23)20-27(24,25)16-9-10-17(19-12-16)26-15-7-5-4-6-8-15;3-2(4,5)1(6)7/h4-10,12,14,20H,11,13H2,1-3H3;(H,6,7)/p+1/t14-;/m1./s1. The van der Waals surface area contributed by atoms with E-state index in [9.17, 15) is 26.4 Å². The lowest BCUT2D eigenvalue weighted by Gasteiger charge is -2.28. The number of halogens is 3. The second kappa shape index (κ2) is 11.8. The van der Waals surface area contributed by atoms with Crippen LogP contribution in [0.25, 0.3) is 0 Å². The maximum Gasteiger partial charge on any atom is 0.490 e. The van der Waals surface area contributed by atoms with Crippen molar-refractivity contribution in [1.29, 1.82) is 0 Å². The van der Waals surface area contributed by atoms with Crippen molar-refractivity contribution in [2.24, 2.45) is 0 Å². The predicted octanol–water partition coefficient (Wildman–Crippen LogP) is 2.33. The molecule has 10 nitrogen and oxygen atoms in total. The average molecular weight is 508 g/mol. The van der Waals surface area contributed by atoms with Crippen LogP contribution in [0.3, 0.4) is 0 Å². The average Bonchev–Trinajstić information content (AvgIpc) is 2.66. The van der Waals surface area contributed by atoms with Crippen molar-refractivity contribution in [1.82, 2.24) is 9.71 Å². The van der Waals surface area contributed by atoms with E-state index in [1.165, 1.54) is 18.3 Å². The molecule has 0 radical (unpaired) electrons. The third-order valence-electron chi connectivity index (χ3n) is 3.74. The number of carboxylic acid groups (broad SMARTS) is 2. The number of nitrogens with zero attached hydrogens (tertiary/aromatic N) is 2. The summed E-state index contributed by atoms with van der Waals surface area (Å²) in [6.07, 6.45) is -4.21. The van der Waals surface area contributed by atoms with Crippen molar-refractivity contribution in [2.45, 2.75) is 23.5 Å². The fraction of sp³-hybridized carbons (Fsp3) is 0.350. The van der Waals surface area contributed by atoms with Gasteiger partial charge in [-0.25, -0.2) is 22.9 Å². The molecule has 14 heteroatoms. The minimum absolute atomic E-state index is 0.0558. The first-order valence-electron chi connectivity index (χ1n) is 9.53. The predicted molar refractivity (Wildman–Crippen MR) is 114 cm³/mol. The van der Waals surface area contributed by atoms with Crippen molar-refractivity contribution in [3.8, 4) is 11.6 Å². The van der Waals surface area contributed by atoms with Crippen molar-refractivity contribution in [2.75, 3.05) is 27.7 Å². The molecule has 0 aliphatic carbocycles. The zero-order valence-electron chi connectivity index (χ0n) is 18.5. The number of benzene rings is 1. The highest BCUT2D eigenvalue weighted by Crippen LogP contribution is 2.20. The van der Waals surface area contributed by atoms with Crippen LogP contribution in [0.4, 0.5) is 13.2 Å². The Bertz CT molecular complexity index is 1060. The number of pyridine rings is 1. The molecule has 3 N–H and O–H groups in total. The van der Waals surface area contributed by atoms with E-state index in [1.54, 1.807) is 12.1 Å². The molecule has 0 saturated carbocycles. The molecule has 0 fully saturated rings. The van der Waals surface area contributed by atoms with Gasteiger partial charge >= 0.3 is 18.1 Å². The lowest BCUT2D eigenvalue weighted by Crippen LogP contribution is -2.49.